The molecule has 1 N–H and O–H groups in total. The van der Waals surface area contributed by atoms with Gasteiger partial charge in [0.2, 0.25) is 0 Å². The van der Waals surface area contributed by atoms with Gasteiger partial charge in [0.25, 0.3) is 5.91 Å². The maximum absolute atomic E-state index is 12.6. The van der Waals surface area contributed by atoms with E-state index in [4.69, 9.17) is 4.52 Å². The van der Waals surface area contributed by atoms with Crippen molar-refractivity contribution in [2.75, 3.05) is 13.1 Å². The van der Waals surface area contributed by atoms with Crippen molar-refractivity contribution in [3.8, 4) is 0 Å². The molecule has 23 heavy (non-hydrogen) atoms. The molecule has 0 spiro atoms. The van der Waals surface area contributed by atoms with E-state index < -0.39 is 11.5 Å². The molecular weight excluding hydrogens is 300 g/mol. The highest BCUT2D eigenvalue weighted by atomic mass is 16.5. The van der Waals surface area contributed by atoms with Crippen LogP contribution in [0.2, 0.25) is 0 Å². The molecule has 0 saturated carbocycles. The number of aromatic nitrogens is 3. The molecule has 2 aromatic heterocycles. The van der Waals surface area contributed by atoms with Crippen molar-refractivity contribution in [2.45, 2.75) is 32.2 Å². The minimum absolute atomic E-state index is 0.161. The molecule has 1 amide bonds. The van der Waals surface area contributed by atoms with Crippen LogP contribution in [0.15, 0.2) is 23.2 Å². The molecular formula is C15H18N4O4. The number of carbonyl (C=O) groups is 2. The molecule has 0 bridgehead atoms. The summed E-state index contributed by atoms with van der Waals surface area (Å²) in [6, 6.07) is 0. The van der Waals surface area contributed by atoms with Crippen molar-refractivity contribution < 1.29 is 19.2 Å². The zero-order chi connectivity index (χ0) is 16.6. The van der Waals surface area contributed by atoms with Crippen molar-refractivity contribution >= 4 is 11.9 Å². The molecule has 0 radical (unpaired) electrons. The number of imidazole rings is 1. The van der Waals surface area contributed by atoms with Gasteiger partial charge in [-0.15, -0.1) is 0 Å². The van der Waals surface area contributed by atoms with Gasteiger partial charge in [0, 0.05) is 25.5 Å². The van der Waals surface area contributed by atoms with E-state index in [9.17, 15) is 14.7 Å². The molecule has 3 rings (SSSR count). The highest BCUT2D eigenvalue weighted by Crippen LogP contribution is 2.31. The van der Waals surface area contributed by atoms with Crippen LogP contribution in [0.5, 0.6) is 0 Å². The van der Waals surface area contributed by atoms with Gasteiger partial charge in [0.15, 0.2) is 0 Å². The largest absolute Gasteiger partial charge is 0.479 e. The van der Waals surface area contributed by atoms with Gasteiger partial charge in [-0.3, -0.25) is 4.79 Å². The van der Waals surface area contributed by atoms with Crippen molar-refractivity contribution in [3.05, 3.63) is 35.7 Å². The molecule has 2 aromatic rings. The Morgan fingerprint density at radius 1 is 1.30 bits per heavy atom. The average Bonchev–Trinajstić information content (AvgIpc) is 3.17. The van der Waals surface area contributed by atoms with Crippen molar-refractivity contribution in [2.24, 2.45) is 0 Å². The fourth-order valence-corrected chi connectivity index (χ4v) is 3.12. The first kappa shape index (κ1) is 15.3. The minimum Gasteiger partial charge on any atom is -0.479 e. The average molecular weight is 318 g/mol. The summed E-state index contributed by atoms with van der Waals surface area (Å²) in [5.41, 5.74) is -0.0286. The van der Waals surface area contributed by atoms with Gasteiger partial charge in [-0.1, -0.05) is 5.16 Å². The van der Waals surface area contributed by atoms with Gasteiger partial charge in [0.05, 0.1) is 12.0 Å². The SMILES string of the molecule is Cc1noc(C)c1C(=O)N1CCC(C(=O)O)(n2ccnc2)CC1. The van der Waals surface area contributed by atoms with E-state index in [1.54, 1.807) is 35.7 Å². The lowest BCUT2D eigenvalue weighted by Crippen LogP contribution is -2.52. The van der Waals surface area contributed by atoms with Crippen LogP contribution in [0.3, 0.4) is 0 Å². The molecule has 1 aliphatic rings. The number of carboxylic acid groups (broad SMARTS) is 1. The van der Waals surface area contributed by atoms with Crippen LogP contribution >= 0.6 is 0 Å². The summed E-state index contributed by atoms with van der Waals surface area (Å²) in [7, 11) is 0. The molecule has 0 aliphatic carbocycles. The summed E-state index contributed by atoms with van der Waals surface area (Å²) in [6.07, 6.45) is 5.38. The Morgan fingerprint density at radius 2 is 2.00 bits per heavy atom. The third kappa shape index (κ3) is 2.39. The van der Waals surface area contributed by atoms with E-state index in [2.05, 4.69) is 10.1 Å². The fraction of sp³-hybridized carbons (Fsp3) is 0.467. The summed E-state index contributed by atoms with van der Waals surface area (Å²) in [5, 5.41) is 13.5. The number of aryl methyl sites for hydroxylation is 2. The van der Waals surface area contributed by atoms with E-state index in [-0.39, 0.29) is 5.91 Å². The number of carboxylic acids is 1. The zero-order valence-electron chi connectivity index (χ0n) is 13.0. The molecule has 1 saturated heterocycles. The lowest BCUT2D eigenvalue weighted by atomic mass is 9.87. The van der Waals surface area contributed by atoms with Crippen LogP contribution < -0.4 is 0 Å². The number of aliphatic carboxylic acids is 1. The highest BCUT2D eigenvalue weighted by Gasteiger charge is 2.44. The number of hydrogen-bond donors (Lipinski definition) is 1. The first-order valence-electron chi connectivity index (χ1n) is 7.40. The molecule has 1 aliphatic heterocycles. The molecule has 8 heteroatoms. The summed E-state index contributed by atoms with van der Waals surface area (Å²) in [4.78, 5) is 30.0. The maximum atomic E-state index is 12.6. The number of hydrogen-bond acceptors (Lipinski definition) is 5. The van der Waals surface area contributed by atoms with Crippen LogP contribution in [0.4, 0.5) is 0 Å². The van der Waals surface area contributed by atoms with Crippen LogP contribution in [-0.4, -0.2) is 49.7 Å². The van der Waals surface area contributed by atoms with Crippen LogP contribution in [0.25, 0.3) is 0 Å². The van der Waals surface area contributed by atoms with Gasteiger partial charge in [-0.25, -0.2) is 9.78 Å². The Hall–Kier alpha value is -2.64. The summed E-state index contributed by atoms with van der Waals surface area (Å²) >= 11 is 0. The number of piperidine rings is 1. The number of carbonyl (C=O) groups excluding carboxylic acids is 1. The van der Waals surface area contributed by atoms with Gasteiger partial charge in [0.1, 0.15) is 16.9 Å². The predicted octanol–water partition coefficient (Wildman–Crippen LogP) is 1.20. The third-order valence-corrected chi connectivity index (χ3v) is 4.52. The van der Waals surface area contributed by atoms with Gasteiger partial charge in [-0.05, 0) is 26.7 Å². The Labute approximate surface area is 132 Å². The molecule has 8 nitrogen and oxygen atoms in total. The Bertz CT molecular complexity index is 707. The number of likely N-dealkylation sites (tertiary alicyclic amines) is 1. The second-order valence-corrected chi connectivity index (χ2v) is 5.80. The van der Waals surface area contributed by atoms with Gasteiger partial charge >= 0.3 is 5.97 Å². The zero-order valence-corrected chi connectivity index (χ0v) is 13.0. The quantitative estimate of drug-likeness (QED) is 0.912. The monoisotopic (exact) mass is 318 g/mol. The fourth-order valence-electron chi connectivity index (χ4n) is 3.12. The van der Waals surface area contributed by atoms with E-state index in [0.29, 0.717) is 42.9 Å². The van der Waals surface area contributed by atoms with Crippen molar-refractivity contribution in [1.82, 2.24) is 19.6 Å². The first-order valence-corrected chi connectivity index (χ1v) is 7.40. The molecule has 122 valence electrons. The standard InChI is InChI=1S/C15H18N4O4/c1-10-12(11(2)23-17-10)13(20)18-6-3-15(4-7-18,14(21)22)19-8-5-16-9-19/h5,8-9H,3-4,6-7H2,1-2H3,(H,21,22). The molecule has 1 fully saturated rings. The van der Waals surface area contributed by atoms with Gasteiger partial charge < -0.3 is 19.1 Å². The molecule has 0 atom stereocenters. The lowest BCUT2D eigenvalue weighted by Gasteiger charge is -2.39. The predicted molar refractivity (Wildman–Crippen MR) is 79.0 cm³/mol. The topological polar surface area (TPSA) is 101 Å². The molecule has 3 heterocycles. The van der Waals surface area contributed by atoms with Crippen molar-refractivity contribution in [3.63, 3.8) is 0 Å². The number of amides is 1. The normalized spacial score (nSPS) is 17.2. The minimum atomic E-state index is -1.05. The van der Waals surface area contributed by atoms with Crippen LogP contribution in [0, 0.1) is 13.8 Å². The third-order valence-electron chi connectivity index (χ3n) is 4.52. The summed E-state index contributed by atoms with van der Waals surface area (Å²) in [6.45, 7) is 4.13. The van der Waals surface area contributed by atoms with Crippen LogP contribution in [0.1, 0.15) is 34.7 Å². The molecule has 0 unspecified atom stereocenters. The Kier molecular flexibility index (Phi) is 3.67. The Balaban J connectivity index is 1.80. The van der Waals surface area contributed by atoms with E-state index in [1.807, 2.05) is 0 Å². The highest BCUT2D eigenvalue weighted by molar-refractivity contribution is 5.96. The smallest absolute Gasteiger partial charge is 0.330 e. The van der Waals surface area contributed by atoms with Crippen LogP contribution in [-0.2, 0) is 10.3 Å². The van der Waals surface area contributed by atoms with Crippen molar-refractivity contribution in [1.29, 1.82) is 0 Å². The summed E-state index contributed by atoms with van der Waals surface area (Å²) < 4.78 is 6.66. The number of rotatable bonds is 3. The second kappa shape index (κ2) is 5.53. The van der Waals surface area contributed by atoms with E-state index >= 15 is 0 Å². The second-order valence-electron chi connectivity index (χ2n) is 5.80. The molecule has 0 aromatic carbocycles. The maximum Gasteiger partial charge on any atom is 0.330 e. The number of nitrogens with zero attached hydrogens (tertiary/aromatic N) is 4. The summed E-state index contributed by atoms with van der Waals surface area (Å²) in [5.74, 6) is -0.581. The van der Waals surface area contributed by atoms with Gasteiger partial charge in [-0.2, -0.15) is 0 Å². The first-order chi connectivity index (χ1) is 11.0. The Morgan fingerprint density at radius 3 is 2.48 bits per heavy atom. The van der Waals surface area contributed by atoms with E-state index in [0.717, 1.165) is 0 Å². The van der Waals surface area contributed by atoms with E-state index in [1.165, 1.54) is 6.33 Å². The lowest BCUT2D eigenvalue weighted by molar-refractivity contribution is -0.150.